The van der Waals surface area contributed by atoms with Crippen LogP contribution in [0.4, 0.5) is 14.6 Å². The third-order valence-corrected chi connectivity index (χ3v) is 2.72. The maximum absolute atomic E-state index is 13.5. The van der Waals surface area contributed by atoms with Gasteiger partial charge in [-0.25, -0.2) is 13.8 Å². The van der Waals surface area contributed by atoms with Gasteiger partial charge in [-0.1, -0.05) is 11.6 Å². The van der Waals surface area contributed by atoms with E-state index in [9.17, 15) is 8.78 Å². The quantitative estimate of drug-likeness (QED) is 0.872. The molecular formula is C12H9ClF2N2O. The minimum absolute atomic E-state index is 0.0556. The molecule has 2 rings (SSSR count). The predicted octanol–water partition coefficient (Wildman–Crippen LogP) is 3.17. The number of nitrogens with zero attached hydrogens (tertiary/aromatic N) is 1. The molecule has 0 unspecified atom stereocenters. The summed E-state index contributed by atoms with van der Waals surface area (Å²) in [6.45, 7) is -0.224. The van der Waals surface area contributed by atoms with E-state index in [4.69, 9.17) is 22.1 Å². The Balaban J connectivity index is 2.21. The van der Waals surface area contributed by atoms with Gasteiger partial charge in [-0.3, -0.25) is 0 Å². The summed E-state index contributed by atoms with van der Waals surface area (Å²) in [7, 11) is 0. The second kappa shape index (κ2) is 5.18. The van der Waals surface area contributed by atoms with E-state index in [2.05, 4.69) is 4.98 Å². The molecule has 0 atom stereocenters. The molecule has 0 amide bonds. The fraction of sp³-hybridized carbons (Fsp3) is 0.0833. The Hall–Kier alpha value is -1.88. The van der Waals surface area contributed by atoms with Crippen LogP contribution in [0, 0.1) is 11.6 Å². The Bertz CT molecular complexity index is 578. The average molecular weight is 271 g/mol. The van der Waals surface area contributed by atoms with Gasteiger partial charge in [0.05, 0.1) is 5.02 Å². The number of anilines is 1. The number of nitrogen functional groups attached to an aromatic ring is 1. The number of halogens is 3. The summed E-state index contributed by atoms with van der Waals surface area (Å²) in [5.74, 6) is -0.873. The molecule has 0 saturated heterocycles. The van der Waals surface area contributed by atoms with Crippen LogP contribution in [0.15, 0.2) is 30.5 Å². The van der Waals surface area contributed by atoms with Crippen LogP contribution in [0.1, 0.15) is 5.56 Å². The number of pyridine rings is 1. The fourth-order valence-corrected chi connectivity index (χ4v) is 1.58. The average Bonchev–Trinajstić information content (AvgIpc) is 2.36. The summed E-state index contributed by atoms with van der Waals surface area (Å²) in [6, 6.07) is 5.15. The van der Waals surface area contributed by atoms with E-state index in [0.29, 0.717) is 0 Å². The summed E-state index contributed by atoms with van der Waals surface area (Å²) < 4.78 is 31.9. The van der Waals surface area contributed by atoms with Gasteiger partial charge in [0.15, 0.2) is 11.6 Å². The van der Waals surface area contributed by atoms with Gasteiger partial charge in [0, 0.05) is 11.8 Å². The predicted molar refractivity (Wildman–Crippen MR) is 64.3 cm³/mol. The van der Waals surface area contributed by atoms with Crippen LogP contribution < -0.4 is 10.5 Å². The Morgan fingerprint density at radius 3 is 2.67 bits per heavy atom. The van der Waals surface area contributed by atoms with Gasteiger partial charge in [-0.05, 0) is 24.3 Å². The number of benzene rings is 1. The second-order valence-electron chi connectivity index (χ2n) is 3.50. The van der Waals surface area contributed by atoms with E-state index >= 15 is 0 Å². The van der Waals surface area contributed by atoms with Gasteiger partial charge in [-0.2, -0.15) is 0 Å². The van der Waals surface area contributed by atoms with Crippen LogP contribution in [-0.4, -0.2) is 4.98 Å². The highest BCUT2D eigenvalue weighted by Crippen LogP contribution is 2.25. The van der Waals surface area contributed by atoms with Gasteiger partial charge in [0.25, 0.3) is 0 Å². The molecule has 1 heterocycles. The van der Waals surface area contributed by atoms with Crippen LogP contribution in [0.2, 0.25) is 5.02 Å². The van der Waals surface area contributed by atoms with E-state index in [0.717, 1.165) is 12.1 Å². The van der Waals surface area contributed by atoms with Crippen molar-refractivity contribution in [2.75, 3.05) is 5.73 Å². The minimum Gasteiger partial charge on any atom is -0.485 e. The van der Waals surface area contributed by atoms with Gasteiger partial charge in [0.2, 0.25) is 0 Å². The van der Waals surface area contributed by atoms with Crippen LogP contribution in [0.5, 0.6) is 5.75 Å². The molecule has 2 aromatic rings. The molecule has 1 aromatic carbocycles. The van der Waals surface area contributed by atoms with Gasteiger partial charge >= 0.3 is 0 Å². The molecule has 0 saturated carbocycles. The Kier molecular flexibility index (Phi) is 3.62. The van der Waals surface area contributed by atoms with E-state index in [1.165, 1.54) is 6.20 Å². The van der Waals surface area contributed by atoms with Crippen molar-refractivity contribution in [1.29, 1.82) is 0 Å². The number of nitrogens with two attached hydrogens (primary N) is 1. The zero-order valence-electron chi connectivity index (χ0n) is 9.16. The molecule has 18 heavy (non-hydrogen) atoms. The van der Waals surface area contributed by atoms with Crippen molar-refractivity contribution in [3.8, 4) is 5.75 Å². The molecule has 0 aliphatic carbocycles. The van der Waals surface area contributed by atoms with Crippen LogP contribution >= 0.6 is 11.6 Å². The highest BCUT2D eigenvalue weighted by Gasteiger charge is 2.13. The van der Waals surface area contributed by atoms with Crippen LogP contribution in [0.3, 0.4) is 0 Å². The zero-order chi connectivity index (χ0) is 13.1. The highest BCUT2D eigenvalue weighted by molar-refractivity contribution is 6.31. The SMILES string of the molecule is Nc1ncccc1OCc1c(F)ccc(F)c1Cl. The maximum atomic E-state index is 13.5. The van der Waals surface area contributed by atoms with Crippen molar-refractivity contribution >= 4 is 17.4 Å². The van der Waals surface area contributed by atoms with E-state index in [1.54, 1.807) is 12.1 Å². The van der Waals surface area contributed by atoms with Crippen molar-refractivity contribution in [2.45, 2.75) is 6.61 Å². The molecule has 6 heteroatoms. The first-order valence-electron chi connectivity index (χ1n) is 5.05. The molecule has 2 N–H and O–H groups in total. The minimum atomic E-state index is -0.698. The fourth-order valence-electron chi connectivity index (χ4n) is 1.38. The summed E-state index contributed by atoms with van der Waals surface area (Å²) in [6.07, 6.45) is 1.50. The summed E-state index contributed by atoms with van der Waals surface area (Å²) >= 11 is 5.66. The van der Waals surface area contributed by atoms with Crippen molar-refractivity contribution in [3.63, 3.8) is 0 Å². The molecule has 0 aliphatic rings. The Morgan fingerprint density at radius 2 is 1.94 bits per heavy atom. The normalized spacial score (nSPS) is 10.4. The molecule has 0 radical (unpaired) electrons. The number of rotatable bonds is 3. The first-order valence-corrected chi connectivity index (χ1v) is 5.43. The summed E-state index contributed by atoms with van der Waals surface area (Å²) in [5, 5.41) is -0.294. The molecule has 0 aliphatic heterocycles. The maximum Gasteiger partial charge on any atom is 0.166 e. The number of ether oxygens (including phenoxy) is 1. The van der Waals surface area contributed by atoms with Crippen molar-refractivity contribution < 1.29 is 13.5 Å². The monoisotopic (exact) mass is 270 g/mol. The Morgan fingerprint density at radius 1 is 1.22 bits per heavy atom. The van der Waals surface area contributed by atoms with Crippen LogP contribution in [-0.2, 0) is 6.61 Å². The van der Waals surface area contributed by atoms with Crippen molar-refractivity contribution in [1.82, 2.24) is 4.98 Å². The van der Waals surface area contributed by atoms with E-state index < -0.39 is 11.6 Å². The number of hydrogen-bond acceptors (Lipinski definition) is 3. The standard InChI is InChI=1S/C12H9ClF2N2O/c13-11-7(8(14)3-4-9(11)15)6-18-10-2-1-5-17-12(10)16/h1-5H,6H2,(H2,16,17). The Labute approximate surface area is 107 Å². The van der Waals surface area contributed by atoms with Gasteiger partial charge < -0.3 is 10.5 Å². The molecule has 0 bridgehead atoms. The van der Waals surface area contributed by atoms with Gasteiger partial charge in [-0.15, -0.1) is 0 Å². The molecule has 94 valence electrons. The van der Waals surface area contributed by atoms with Crippen LogP contribution in [0.25, 0.3) is 0 Å². The summed E-state index contributed by atoms with van der Waals surface area (Å²) in [4.78, 5) is 3.81. The number of hydrogen-bond donors (Lipinski definition) is 1. The van der Waals surface area contributed by atoms with Gasteiger partial charge in [0.1, 0.15) is 18.2 Å². The third-order valence-electron chi connectivity index (χ3n) is 2.31. The lowest BCUT2D eigenvalue weighted by atomic mass is 10.2. The molecule has 0 spiro atoms. The van der Waals surface area contributed by atoms with E-state index in [1.807, 2.05) is 0 Å². The molecular weight excluding hydrogens is 262 g/mol. The van der Waals surface area contributed by atoms with E-state index in [-0.39, 0.29) is 28.8 Å². The smallest absolute Gasteiger partial charge is 0.166 e. The summed E-state index contributed by atoms with van der Waals surface area (Å²) in [5.41, 5.74) is 5.50. The third kappa shape index (κ3) is 2.51. The highest BCUT2D eigenvalue weighted by atomic mass is 35.5. The zero-order valence-corrected chi connectivity index (χ0v) is 9.92. The van der Waals surface area contributed by atoms with Crippen molar-refractivity contribution in [3.05, 3.63) is 52.7 Å². The molecule has 0 fully saturated rings. The molecule has 3 nitrogen and oxygen atoms in total. The lowest BCUT2D eigenvalue weighted by Crippen LogP contribution is -2.03. The lowest BCUT2D eigenvalue weighted by Gasteiger charge is -2.10. The largest absolute Gasteiger partial charge is 0.485 e. The van der Waals surface area contributed by atoms with Crippen molar-refractivity contribution in [2.24, 2.45) is 0 Å². The second-order valence-corrected chi connectivity index (χ2v) is 3.88. The lowest BCUT2D eigenvalue weighted by molar-refractivity contribution is 0.300. The first kappa shape index (κ1) is 12.6. The first-order chi connectivity index (χ1) is 8.59. The topological polar surface area (TPSA) is 48.1 Å². The molecule has 1 aromatic heterocycles. The number of aromatic nitrogens is 1.